The van der Waals surface area contributed by atoms with Gasteiger partial charge in [0.1, 0.15) is 11.3 Å². The number of halogens is 2. The average Bonchev–Trinajstić information content (AvgIpc) is 2.65. The molecule has 5 nitrogen and oxygen atoms in total. The molecule has 0 heterocycles. The van der Waals surface area contributed by atoms with Gasteiger partial charge in [0.05, 0.1) is 10.6 Å². The van der Waals surface area contributed by atoms with Gasteiger partial charge in [-0.25, -0.2) is 9.18 Å². The summed E-state index contributed by atoms with van der Waals surface area (Å²) in [5, 5.41) is 19.0. The number of rotatable bonds is 6. The molecule has 1 N–H and O–H groups in total. The van der Waals surface area contributed by atoms with Gasteiger partial charge < -0.3 is 5.11 Å². The number of carboxylic acid groups (broad SMARTS) is 1. The molecule has 7 heteroatoms. The Labute approximate surface area is 156 Å². The van der Waals surface area contributed by atoms with E-state index in [2.05, 4.69) is 16.3 Å². The first kappa shape index (κ1) is 19.4. The molecular weight excluding hydrogens is 357 g/mol. The molecule has 0 saturated heterocycles. The molecule has 0 aliphatic rings. The molecule has 0 aliphatic carbocycles. The van der Waals surface area contributed by atoms with Crippen LogP contribution < -0.4 is 0 Å². The van der Waals surface area contributed by atoms with Crippen LogP contribution in [0.4, 0.5) is 10.1 Å². The lowest BCUT2D eigenvalue weighted by atomic mass is 9.94. The fraction of sp³-hybridized carbons (Fsp3) is 0.211. The van der Waals surface area contributed by atoms with Crippen molar-refractivity contribution < 1.29 is 14.3 Å². The maximum absolute atomic E-state index is 14.7. The van der Waals surface area contributed by atoms with Crippen LogP contribution >= 0.6 is 11.6 Å². The largest absolute Gasteiger partial charge is 0.478 e. The van der Waals surface area contributed by atoms with Crippen molar-refractivity contribution >= 4 is 23.3 Å². The van der Waals surface area contributed by atoms with Crippen molar-refractivity contribution in [1.82, 2.24) is 5.01 Å². The predicted octanol–water partition coefficient (Wildman–Crippen LogP) is 5.17. The predicted molar refractivity (Wildman–Crippen MR) is 99.2 cm³/mol. The Morgan fingerprint density at radius 3 is 2.42 bits per heavy atom. The van der Waals surface area contributed by atoms with E-state index in [0.29, 0.717) is 18.7 Å². The van der Waals surface area contributed by atoms with Crippen LogP contribution in [0.2, 0.25) is 5.02 Å². The zero-order chi connectivity index (χ0) is 19.3. The molecule has 0 aliphatic heterocycles. The minimum Gasteiger partial charge on any atom is -0.478 e. The van der Waals surface area contributed by atoms with Gasteiger partial charge in [-0.05, 0) is 19.4 Å². The monoisotopic (exact) mass is 373 g/mol. The average molecular weight is 374 g/mol. The Kier molecular flexibility index (Phi) is 6.31. The number of hydrogen-bond acceptors (Lipinski definition) is 3. The highest BCUT2D eigenvalue weighted by Gasteiger charge is 2.28. The van der Waals surface area contributed by atoms with E-state index in [4.69, 9.17) is 18.0 Å². The van der Waals surface area contributed by atoms with E-state index in [1.807, 2.05) is 13.8 Å². The fourth-order valence-electron chi connectivity index (χ4n) is 2.45. The van der Waals surface area contributed by atoms with Crippen LogP contribution in [-0.2, 0) is 0 Å². The Morgan fingerprint density at radius 2 is 1.92 bits per heavy atom. The van der Waals surface area contributed by atoms with E-state index in [9.17, 15) is 14.3 Å². The van der Waals surface area contributed by atoms with Crippen molar-refractivity contribution in [2.75, 3.05) is 13.1 Å². The van der Waals surface area contributed by atoms with Gasteiger partial charge in [0.15, 0.2) is 5.82 Å². The maximum Gasteiger partial charge on any atom is 0.339 e. The minimum absolute atomic E-state index is 0.0380. The summed E-state index contributed by atoms with van der Waals surface area (Å²) in [7, 11) is 0. The molecule has 2 rings (SSSR count). The Morgan fingerprint density at radius 1 is 1.31 bits per heavy atom. The first-order valence-corrected chi connectivity index (χ1v) is 8.30. The highest BCUT2D eigenvalue weighted by molar-refractivity contribution is 6.33. The molecule has 0 atom stereocenters. The molecule has 0 radical (unpaired) electrons. The van der Waals surface area contributed by atoms with Crippen LogP contribution in [0.3, 0.4) is 0 Å². The molecule has 0 saturated carbocycles. The highest BCUT2D eigenvalue weighted by atomic mass is 35.5. The zero-order valence-electron chi connectivity index (χ0n) is 14.3. The van der Waals surface area contributed by atoms with Gasteiger partial charge in [-0.15, -0.1) is 11.5 Å². The van der Waals surface area contributed by atoms with Crippen LogP contribution in [0.5, 0.6) is 0 Å². The first-order chi connectivity index (χ1) is 12.5. The summed E-state index contributed by atoms with van der Waals surface area (Å²) in [5.74, 6) is -0.253. The minimum atomic E-state index is -1.47. The molecule has 134 valence electrons. The van der Waals surface area contributed by atoms with Crippen LogP contribution in [0.15, 0.2) is 40.7 Å². The van der Waals surface area contributed by atoms with E-state index in [1.54, 1.807) is 35.3 Å². The van der Waals surface area contributed by atoms with E-state index < -0.39 is 22.4 Å². The van der Waals surface area contributed by atoms with Gasteiger partial charge >= 0.3 is 5.97 Å². The summed E-state index contributed by atoms with van der Waals surface area (Å²) < 4.78 is 14.7. The van der Waals surface area contributed by atoms with Crippen LogP contribution in [0, 0.1) is 18.2 Å². The Hall–Kier alpha value is -2.91. The number of carbonyl (C=O) groups is 1. The molecule has 0 unspecified atom stereocenters. The van der Waals surface area contributed by atoms with Crippen molar-refractivity contribution in [1.29, 1.82) is 0 Å². The third-order valence-corrected chi connectivity index (χ3v) is 4.13. The molecule has 26 heavy (non-hydrogen) atoms. The quantitative estimate of drug-likeness (QED) is 0.431. The maximum atomic E-state index is 14.7. The number of carboxylic acids is 1. The number of hydrogen-bond donors (Lipinski definition) is 1. The van der Waals surface area contributed by atoms with Crippen LogP contribution in [-0.4, -0.2) is 29.2 Å². The Balaban J connectivity index is 2.91. The van der Waals surface area contributed by atoms with Crippen molar-refractivity contribution in [2.45, 2.75) is 13.8 Å². The normalized spacial score (nSPS) is 10.7. The summed E-state index contributed by atoms with van der Waals surface area (Å²) >= 11 is 5.99. The lowest BCUT2D eigenvalue weighted by Crippen LogP contribution is -2.14. The second-order valence-electron chi connectivity index (χ2n) is 5.25. The summed E-state index contributed by atoms with van der Waals surface area (Å²) in [5.41, 5.74) is -0.0821. The SMILES string of the molecule is C#Cc1c(Cl)c(F)c(C(=O)O)c(-c2ccccc2)c1N=NN(CC)CC. The van der Waals surface area contributed by atoms with E-state index >= 15 is 0 Å². The molecule has 0 spiro atoms. The van der Waals surface area contributed by atoms with Gasteiger partial charge in [0.2, 0.25) is 0 Å². The third kappa shape index (κ3) is 3.68. The molecule has 0 fully saturated rings. The van der Waals surface area contributed by atoms with Crippen molar-refractivity contribution in [2.24, 2.45) is 10.3 Å². The second-order valence-corrected chi connectivity index (χ2v) is 5.62. The van der Waals surface area contributed by atoms with Crippen molar-refractivity contribution in [3.63, 3.8) is 0 Å². The van der Waals surface area contributed by atoms with Gasteiger partial charge in [0, 0.05) is 18.7 Å². The number of aromatic carboxylic acids is 1. The standard InChI is InChI=1S/C19H17ClFN3O2/c1-4-13-16(20)17(21)15(19(25)26)14(12-10-8-7-9-11-12)18(13)22-23-24(5-2)6-3/h1,7-11H,5-6H2,2-3H3,(H,25,26). The van der Waals surface area contributed by atoms with Gasteiger partial charge in [0.25, 0.3) is 0 Å². The number of benzene rings is 2. The summed E-state index contributed by atoms with van der Waals surface area (Å²) in [4.78, 5) is 11.7. The van der Waals surface area contributed by atoms with Gasteiger partial charge in [-0.1, -0.05) is 53.1 Å². The molecule has 2 aromatic carbocycles. The van der Waals surface area contributed by atoms with E-state index in [1.165, 1.54) is 0 Å². The smallest absolute Gasteiger partial charge is 0.339 e. The fourth-order valence-corrected chi connectivity index (χ4v) is 2.69. The number of terminal acetylenes is 1. The van der Waals surface area contributed by atoms with Crippen molar-refractivity contribution in [3.8, 4) is 23.5 Å². The van der Waals surface area contributed by atoms with Gasteiger partial charge in [-0.2, -0.15) is 0 Å². The third-order valence-electron chi connectivity index (χ3n) is 3.78. The first-order valence-electron chi connectivity index (χ1n) is 7.93. The molecule has 2 aromatic rings. The van der Waals surface area contributed by atoms with E-state index in [0.717, 1.165) is 0 Å². The lowest BCUT2D eigenvalue weighted by molar-refractivity contribution is 0.0693. The number of nitrogens with zero attached hydrogens (tertiary/aromatic N) is 3. The molecular formula is C19H17ClFN3O2. The summed E-state index contributed by atoms with van der Waals surface area (Å²) in [6.07, 6.45) is 5.50. The molecule has 0 aromatic heterocycles. The zero-order valence-corrected chi connectivity index (χ0v) is 15.1. The molecule has 0 bridgehead atoms. The van der Waals surface area contributed by atoms with Gasteiger partial charge in [-0.3, -0.25) is 5.01 Å². The summed E-state index contributed by atoms with van der Waals surface area (Å²) in [6.45, 7) is 4.96. The van der Waals surface area contributed by atoms with Crippen LogP contribution in [0.25, 0.3) is 11.1 Å². The van der Waals surface area contributed by atoms with Crippen LogP contribution in [0.1, 0.15) is 29.8 Å². The molecule has 0 amide bonds. The summed E-state index contributed by atoms with van der Waals surface area (Å²) in [6, 6.07) is 8.45. The van der Waals surface area contributed by atoms with E-state index in [-0.39, 0.29) is 16.8 Å². The van der Waals surface area contributed by atoms with Crippen molar-refractivity contribution in [3.05, 3.63) is 52.3 Å². The highest BCUT2D eigenvalue weighted by Crippen LogP contribution is 2.42. The topological polar surface area (TPSA) is 65.3 Å². The lowest BCUT2D eigenvalue weighted by Gasteiger charge is -2.16. The Bertz CT molecular complexity index is 888. The second kappa shape index (κ2) is 8.45.